The van der Waals surface area contributed by atoms with Gasteiger partial charge in [-0.2, -0.15) is 5.10 Å². The second-order valence-electron chi connectivity index (χ2n) is 6.81. The summed E-state index contributed by atoms with van der Waals surface area (Å²) >= 11 is 0. The summed E-state index contributed by atoms with van der Waals surface area (Å²) < 4.78 is 15.1. The topological polar surface area (TPSA) is 38.1 Å². The molecule has 0 unspecified atom stereocenters. The zero-order chi connectivity index (χ0) is 20.2. The number of halogens is 1. The number of amides is 1. The fraction of sp³-hybridized carbons (Fsp3) is 0.0833. The molecular formula is C24H20FN3O. The molecule has 1 amide bonds. The minimum absolute atomic E-state index is 0.124. The maximum Gasteiger partial charge on any atom is 0.257 e. The van der Waals surface area contributed by atoms with Gasteiger partial charge in [-0.1, -0.05) is 60.7 Å². The third kappa shape index (κ3) is 3.94. The Morgan fingerprint density at radius 2 is 1.55 bits per heavy atom. The Bertz CT molecular complexity index is 1110. The number of hydrogen-bond donors (Lipinski definition) is 0. The molecule has 0 aliphatic rings. The van der Waals surface area contributed by atoms with Crippen LogP contribution in [0.5, 0.6) is 0 Å². The Labute approximate surface area is 168 Å². The summed E-state index contributed by atoms with van der Waals surface area (Å²) in [5.41, 5.74) is 3.79. The average molecular weight is 385 g/mol. The lowest BCUT2D eigenvalue weighted by Gasteiger charge is -2.18. The van der Waals surface area contributed by atoms with Gasteiger partial charge in [0.05, 0.1) is 23.1 Å². The van der Waals surface area contributed by atoms with E-state index in [4.69, 9.17) is 0 Å². The highest BCUT2D eigenvalue weighted by Crippen LogP contribution is 2.28. The lowest BCUT2D eigenvalue weighted by Crippen LogP contribution is -2.26. The van der Waals surface area contributed by atoms with Crippen LogP contribution in [0.1, 0.15) is 15.9 Å². The molecule has 4 aromatic rings. The molecule has 29 heavy (non-hydrogen) atoms. The molecule has 0 saturated carbocycles. The molecule has 0 N–H and O–H groups in total. The molecule has 1 heterocycles. The molecule has 0 radical (unpaired) electrons. The molecule has 0 aliphatic heterocycles. The minimum Gasteiger partial charge on any atom is -0.337 e. The Balaban J connectivity index is 1.75. The third-order valence-electron chi connectivity index (χ3n) is 4.73. The SMILES string of the molecule is CN(Cc1ccccc1)C(=O)c1cnn(-c2ccc(F)cc2)c1-c1ccccc1. The molecule has 4 rings (SSSR count). The van der Waals surface area contributed by atoms with E-state index in [1.54, 1.807) is 35.0 Å². The monoisotopic (exact) mass is 385 g/mol. The molecular weight excluding hydrogens is 365 g/mol. The van der Waals surface area contributed by atoms with Gasteiger partial charge in [-0.3, -0.25) is 4.79 Å². The summed E-state index contributed by atoms with van der Waals surface area (Å²) in [5.74, 6) is -0.442. The van der Waals surface area contributed by atoms with Gasteiger partial charge < -0.3 is 4.90 Å². The van der Waals surface area contributed by atoms with Gasteiger partial charge in [-0.15, -0.1) is 0 Å². The zero-order valence-electron chi connectivity index (χ0n) is 16.0. The first-order valence-corrected chi connectivity index (χ1v) is 9.32. The van der Waals surface area contributed by atoms with Crippen LogP contribution in [0, 0.1) is 5.82 Å². The van der Waals surface area contributed by atoms with Crippen molar-refractivity contribution in [2.75, 3.05) is 7.05 Å². The van der Waals surface area contributed by atoms with Crippen molar-refractivity contribution in [1.82, 2.24) is 14.7 Å². The smallest absolute Gasteiger partial charge is 0.257 e. The van der Waals surface area contributed by atoms with Crippen LogP contribution in [-0.4, -0.2) is 27.6 Å². The summed E-state index contributed by atoms with van der Waals surface area (Å²) in [7, 11) is 1.78. The molecule has 4 nitrogen and oxygen atoms in total. The first-order chi connectivity index (χ1) is 14.1. The van der Waals surface area contributed by atoms with Crippen molar-refractivity contribution in [3.05, 3.63) is 108 Å². The highest BCUT2D eigenvalue weighted by molar-refractivity contribution is 6.00. The summed E-state index contributed by atoms with van der Waals surface area (Å²) in [6.45, 7) is 0.496. The van der Waals surface area contributed by atoms with Crippen molar-refractivity contribution in [1.29, 1.82) is 0 Å². The molecule has 1 aromatic heterocycles. The molecule has 3 aromatic carbocycles. The van der Waals surface area contributed by atoms with Crippen LogP contribution in [-0.2, 0) is 6.54 Å². The molecule has 0 saturated heterocycles. The number of nitrogens with zero attached hydrogens (tertiary/aromatic N) is 3. The third-order valence-corrected chi connectivity index (χ3v) is 4.73. The van der Waals surface area contributed by atoms with Crippen LogP contribution in [0.4, 0.5) is 4.39 Å². The Kier molecular flexibility index (Phi) is 5.20. The molecule has 0 aliphatic carbocycles. The Morgan fingerprint density at radius 3 is 2.21 bits per heavy atom. The zero-order valence-corrected chi connectivity index (χ0v) is 16.0. The van der Waals surface area contributed by atoms with Crippen LogP contribution in [0.3, 0.4) is 0 Å². The van der Waals surface area contributed by atoms with Crippen LogP contribution in [0.15, 0.2) is 91.1 Å². The van der Waals surface area contributed by atoms with Gasteiger partial charge >= 0.3 is 0 Å². The maximum atomic E-state index is 13.4. The highest BCUT2D eigenvalue weighted by atomic mass is 19.1. The summed E-state index contributed by atoms with van der Waals surface area (Å²) in [4.78, 5) is 14.9. The standard InChI is InChI=1S/C24H20FN3O/c1-27(17-18-8-4-2-5-9-18)24(29)22-16-26-28(21-14-12-20(25)13-15-21)23(22)19-10-6-3-7-11-19/h2-16H,17H2,1H3. The van der Waals surface area contributed by atoms with Gasteiger partial charge in [0.1, 0.15) is 5.82 Å². The minimum atomic E-state index is -0.318. The molecule has 5 heteroatoms. The van der Waals surface area contributed by atoms with Crippen molar-refractivity contribution in [3.8, 4) is 16.9 Å². The lowest BCUT2D eigenvalue weighted by atomic mass is 10.1. The van der Waals surface area contributed by atoms with Crippen molar-refractivity contribution >= 4 is 5.91 Å². The first kappa shape index (κ1) is 18.6. The second-order valence-corrected chi connectivity index (χ2v) is 6.81. The van der Waals surface area contributed by atoms with Gasteiger partial charge in [0.25, 0.3) is 5.91 Å². The normalized spacial score (nSPS) is 10.7. The fourth-order valence-electron chi connectivity index (χ4n) is 3.29. The number of carbonyl (C=O) groups excluding carboxylic acids is 1. The quantitative estimate of drug-likeness (QED) is 0.487. The number of rotatable bonds is 5. The van der Waals surface area contributed by atoms with E-state index in [1.165, 1.54) is 12.1 Å². The number of hydrogen-bond acceptors (Lipinski definition) is 2. The molecule has 0 bridgehead atoms. The predicted molar refractivity (Wildman–Crippen MR) is 111 cm³/mol. The van der Waals surface area contributed by atoms with Crippen LogP contribution >= 0.6 is 0 Å². The largest absolute Gasteiger partial charge is 0.337 e. The number of carbonyl (C=O) groups is 1. The molecule has 0 spiro atoms. The number of benzene rings is 3. The van der Waals surface area contributed by atoms with Crippen molar-refractivity contribution < 1.29 is 9.18 Å². The molecule has 0 fully saturated rings. The van der Waals surface area contributed by atoms with Crippen molar-refractivity contribution in [2.45, 2.75) is 6.54 Å². The average Bonchev–Trinajstić information content (AvgIpc) is 3.20. The molecule has 144 valence electrons. The van der Waals surface area contributed by atoms with Crippen LogP contribution < -0.4 is 0 Å². The number of aromatic nitrogens is 2. The van der Waals surface area contributed by atoms with Crippen molar-refractivity contribution in [2.24, 2.45) is 0 Å². The van der Waals surface area contributed by atoms with E-state index >= 15 is 0 Å². The molecule has 0 atom stereocenters. The summed E-state index contributed by atoms with van der Waals surface area (Å²) in [5, 5.41) is 4.45. The highest BCUT2D eigenvalue weighted by Gasteiger charge is 2.22. The summed E-state index contributed by atoms with van der Waals surface area (Å²) in [6, 6.07) is 25.5. The van der Waals surface area contributed by atoms with E-state index in [0.29, 0.717) is 23.5 Å². The second kappa shape index (κ2) is 8.10. The van der Waals surface area contributed by atoms with Crippen LogP contribution in [0.2, 0.25) is 0 Å². The van der Waals surface area contributed by atoms with E-state index < -0.39 is 0 Å². The Morgan fingerprint density at radius 1 is 0.931 bits per heavy atom. The van der Waals surface area contributed by atoms with E-state index in [2.05, 4.69) is 5.10 Å². The van der Waals surface area contributed by atoms with Gasteiger partial charge in [-0.25, -0.2) is 9.07 Å². The fourth-order valence-corrected chi connectivity index (χ4v) is 3.29. The van der Waals surface area contributed by atoms with Gasteiger partial charge in [0.2, 0.25) is 0 Å². The Hall–Kier alpha value is -3.73. The summed E-state index contributed by atoms with van der Waals surface area (Å²) in [6.07, 6.45) is 1.58. The van der Waals surface area contributed by atoms with Crippen LogP contribution in [0.25, 0.3) is 16.9 Å². The first-order valence-electron chi connectivity index (χ1n) is 9.32. The van der Waals surface area contributed by atoms with Gasteiger partial charge in [0, 0.05) is 19.2 Å². The van der Waals surface area contributed by atoms with E-state index in [1.807, 2.05) is 60.7 Å². The van der Waals surface area contributed by atoms with E-state index in [0.717, 1.165) is 11.1 Å². The van der Waals surface area contributed by atoms with E-state index in [9.17, 15) is 9.18 Å². The van der Waals surface area contributed by atoms with Gasteiger partial charge in [-0.05, 0) is 29.8 Å². The lowest BCUT2D eigenvalue weighted by molar-refractivity contribution is 0.0786. The van der Waals surface area contributed by atoms with Gasteiger partial charge in [0.15, 0.2) is 0 Å². The van der Waals surface area contributed by atoms with Crippen molar-refractivity contribution in [3.63, 3.8) is 0 Å². The maximum absolute atomic E-state index is 13.4. The predicted octanol–water partition coefficient (Wildman–Crippen LogP) is 4.95. The van der Waals surface area contributed by atoms with E-state index in [-0.39, 0.29) is 11.7 Å².